The van der Waals surface area contributed by atoms with Crippen molar-refractivity contribution in [3.63, 3.8) is 0 Å². The van der Waals surface area contributed by atoms with E-state index in [1.165, 1.54) is 9.13 Å². The fourth-order valence-electron chi connectivity index (χ4n) is 5.12. The van der Waals surface area contributed by atoms with Crippen molar-refractivity contribution in [1.29, 1.82) is 0 Å². The number of aromatic nitrogens is 4. The van der Waals surface area contributed by atoms with Crippen molar-refractivity contribution in [1.82, 2.24) is 19.1 Å². The molecule has 0 amide bonds. The summed E-state index contributed by atoms with van der Waals surface area (Å²) in [7, 11) is 1.68. The maximum atomic E-state index is 12.4. The van der Waals surface area contributed by atoms with E-state index >= 15 is 0 Å². The second kappa shape index (κ2) is 8.21. The van der Waals surface area contributed by atoms with Gasteiger partial charge < -0.3 is 19.7 Å². The average Bonchev–Trinajstić information content (AvgIpc) is 3.48. The lowest BCUT2D eigenvalue weighted by Crippen LogP contribution is -2.22. The van der Waals surface area contributed by atoms with E-state index in [0.29, 0.717) is 34.1 Å². The number of β-amino-alcohol motifs (C(OH)–C–C–N with tert-alkyl or cyclic N) is 1. The minimum absolute atomic E-state index is 0.0187. The van der Waals surface area contributed by atoms with Gasteiger partial charge in [-0.1, -0.05) is 17.7 Å². The zero-order chi connectivity index (χ0) is 25.2. The number of anilines is 1. The summed E-state index contributed by atoms with van der Waals surface area (Å²) in [6.45, 7) is 3.23. The van der Waals surface area contributed by atoms with E-state index < -0.39 is 0 Å². The molecule has 1 aliphatic carbocycles. The first kappa shape index (κ1) is 22.8. The number of aliphatic hydroxyl groups excluding tert-OH is 1. The predicted octanol–water partition coefficient (Wildman–Crippen LogP) is 3.93. The third-order valence-electron chi connectivity index (χ3n) is 7.43. The molecule has 2 fully saturated rings. The smallest absolute Gasteiger partial charge is 0.332 e. The molecule has 4 heterocycles. The molecular formula is C27H26ClN5O3. The number of hydrogen-bond donors (Lipinski definition) is 2. The molecule has 1 saturated carbocycles. The first-order valence-corrected chi connectivity index (χ1v) is 12.3. The van der Waals surface area contributed by atoms with Crippen molar-refractivity contribution in [2.24, 2.45) is 12.5 Å². The summed E-state index contributed by atoms with van der Waals surface area (Å²) in [5.41, 5.74) is 3.64. The van der Waals surface area contributed by atoms with Crippen LogP contribution >= 0.6 is 11.6 Å². The fourth-order valence-corrected chi connectivity index (χ4v) is 5.39. The van der Waals surface area contributed by atoms with Crippen LogP contribution in [0.3, 0.4) is 0 Å². The van der Waals surface area contributed by atoms with E-state index in [4.69, 9.17) is 11.6 Å². The largest absolute Gasteiger partial charge is 0.505 e. The van der Waals surface area contributed by atoms with Crippen LogP contribution in [0.1, 0.15) is 18.5 Å². The molecule has 1 aromatic carbocycles. The zero-order valence-electron chi connectivity index (χ0n) is 20.0. The summed E-state index contributed by atoms with van der Waals surface area (Å²) in [5, 5.41) is 22.1. The number of benzene rings is 1. The highest BCUT2D eigenvalue weighted by Crippen LogP contribution is 2.53. The summed E-state index contributed by atoms with van der Waals surface area (Å²) >= 11 is 6.58. The lowest BCUT2D eigenvalue weighted by Gasteiger charge is -2.18. The van der Waals surface area contributed by atoms with Gasteiger partial charge in [-0.15, -0.1) is 0 Å². The molecule has 1 spiro atoms. The Bertz CT molecular complexity index is 1560. The number of hydrogen-bond acceptors (Lipinski definition) is 6. The molecular weight excluding hydrogens is 478 g/mol. The molecule has 3 aromatic heterocycles. The van der Waals surface area contributed by atoms with Crippen LogP contribution in [0.5, 0.6) is 5.75 Å². The van der Waals surface area contributed by atoms with Gasteiger partial charge in [0.1, 0.15) is 17.3 Å². The van der Waals surface area contributed by atoms with Crippen LogP contribution in [-0.4, -0.2) is 48.5 Å². The number of rotatable bonds is 4. The maximum Gasteiger partial charge on any atom is 0.332 e. The minimum atomic E-state index is -0.334. The first-order valence-electron chi connectivity index (χ1n) is 11.9. The molecule has 0 bridgehead atoms. The highest BCUT2D eigenvalue weighted by molar-refractivity contribution is 6.32. The molecule has 0 radical (unpaired) electrons. The van der Waals surface area contributed by atoms with Gasteiger partial charge in [-0.05, 0) is 55.7 Å². The van der Waals surface area contributed by atoms with Gasteiger partial charge in [-0.3, -0.25) is 4.57 Å². The average molecular weight is 504 g/mol. The zero-order valence-corrected chi connectivity index (χ0v) is 20.8. The Kier molecular flexibility index (Phi) is 5.21. The van der Waals surface area contributed by atoms with Gasteiger partial charge in [-0.2, -0.15) is 0 Å². The Balaban J connectivity index is 1.37. The van der Waals surface area contributed by atoms with Crippen LogP contribution in [0.15, 0.2) is 59.8 Å². The van der Waals surface area contributed by atoms with Gasteiger partial charge in [0.25, 0.3) is 0 Å². The first-order chi connectivity index (χ1) is 17.3. The minimum Gasteiger partial charge on any atom is -0.505 e. The molecule has 2 N–H and O–H groups in total. The Morgan fingerprint density at radius 2 is 1.92 bits per heavy atom. The van der Waals surface area contributed by atoms with Crippen molar-refractivity contribution >= 4 is 17.4 Å². The maximum absolute atomic E-state index is 12.4. The monoisotopic (exact) mass is 503 g/mol. The van der Waals surface area contributed by atoms with Crippen LogP contribution in [0, 0.1) is 12.3 Å². The number of imidazole rings is 1. The van der Waals surface area contributed by atoms with Gasteiger partial charge in [0, 0.05) is 61.0 Å². The second-order valence-corrected chi connectivity index (χ2v) is 10.3. The fraction of sp³-hybridized carbons (Fsp3) is 0.296. The molecule has 36 heavy (non-hydrogen) atoms. The highest BCUT2D eigenvalue weighted by atomic mass is 35.5. The van der Waals surface area contributed by atoms with Gasteiger partial charge in [0.15, 0.2) is 0 Å². The summed E-state index contributed by atoms with van der Waals surface area (Å²) in [5.74, 6) is 0.804. The van der Waals surface area contributed by atoms with Gasteiger partial charge in [0.2, 0.25) is 0 Å². The van der Waals surface area contributed by atoms with Crippen LogP contribution in [0.4, 0.5) is 5.82 Å². The van der Waals surface area contributed by atoms with Gasteiger partial charge in [0.05, 0.1) is 16.8 Å². The summed E-state index contributed by atoms with van der Waals surface area (Å²) < 4.78 is 2.96. The quantitative estimate of drug-likeness (QED) is 0.438. The molecule has 1 aliphatic heterocycles. The van der Waals surface area contributed by atoms with Gasteiger partial charge >= 0.3 is 5.69 Å². The van der Waals surface area contributed by atoms with E-state index in [1.807, 2.05) is 31.2 Å². The SMILES string of the molecule is Cc1cc(-c2ccc(-n3ccn(C)c3=O)c(Cl)c2)c(O)c(-c2ccnc(N3C[C@H](O)C4(CC4)C3)c2)n1. The number of nitrogens with zero attached hydrogens (tertiary/aromatic N) is 5. The summed E-state index contributed by atoms with van der Waals surface area (Å²) in [6, 6.07) is 10.9. The van der Waals surface area contributed by atoms with E-state index in [9.17, 15) is 15.0 Å². The van der Waals surface area contributed by atoms with Crippen molar-refractivity contribution in [3.8, 4) is 33.8 Å². The summed E-state index contributed by atoms with van der Waals surface area (Å²) in [4.78, 5) is 23.6. The number of aliphatic hydroxyl groups is 1. The molecule has 1 saturated heterocycles. The molecule has 8 nitrogen and oxygen atoms in total. The highest BCUT2D eigenvalue weighted by Gasteiger charge is 2.54. The predicted molar refractivity (Wildman–Crippen MR) is 139 cm³/mol. The summed E-state index contributed by atoms with van der Waals surface area (Å²) in [6.07, 6.45) is 6.82. The lowest BCUT2D eigenvalue weighted by molar-refractivity contribution is 0.136. The van der Waals surface area contributed by atoms with E-state index in [2.05, 4.69) is 14.9 Å². The van der Waals surface area contributed by atoms with Crippen LogP contribution < -0.4 is 10.6 Å². The van der Waals surface area contributed by atoms with Crippen molar-refractivity contribution in [2.45, 2.75) is 25.9 Å². The Morgan fingerprint density at radius 1 is 1.11 bits per heavy atom. The van der Waals surface area contributed by atoms with Crippen LogP contribution in [0.25, 0.3) is 28.1 Å². The van der Waals surface area contributed by atoms with Crippen molar-refractivity contribution in [3.05, 3.63) is 76.2 Å². The topological polar surface area (TPSA) is 96.4 Å². The van der Waals surface area contributed by atoms with Crippen molar-refractivity contribution < 1.29 is 10.2 Å². The van der Waals surface area contributed by atoms with Gasteiger partial charge in [-0.25, -0.2) is 14.8 Å². The number of aromatic hydroxyl groups is 1. The number of halogens is 1. The molecule has 1 atom stereocenters. The third-order valence-corrected chi connectivity index (χ3v) is 7.73. The second-order valence-electron chi connectivity index (χ2n) is 9.90. The lowest BCUT2D eigenvalue weighted by atomic mass is 10.0. The normalized spacial score (nSPS) is 18.2. The van der Waals surface area contributed by atoms with Crippen molar-refractivity contribution in [2.75, 3.05) is 18.0 Å². The van der Waals surface area contributed by atoms with Crippen LogP contribution in [0.2, 0.25) is 5.02 Å². The van der Waals surface area contributed by atoms with E-state index in [-0.39, 0.29) is 23.0 Å². The van der Waals surface area contributed by atoms with E-state index in [1.54, 1.807) is 37.8 Å². The third kappa shape index (κ3) is 3.68. The Hall–Kier alpha value is -3.62. The molecule has 4 aromatic rings. The Morgan fingerprint density at radius 3 is 2.58 bits per heavy atom. The number of aryl methyl sites for hydroxylation is 2. The van der Waals surface area contributed by atoms with E-state index in [0.717, 1.165) is 36.5 Å². The Labute approximate surface area is 213 Å². The molecule has 184 valence electrons. The molecule has 2 aliphatic rings. The molecule has 0 unspecified atom stereocenters. The van der Waals surface area contributed by atoms with Crippen LogP contribution in [-0.2, 0) is 7.05 Å². The molecule has 6 rings (SSSR count). The number of pyridine rings is 2. The molecule has 9 heteroatoms. The standard InChI is InChI=1S/C27H26ClN5O3/c1-16-11-19(17-3-4-21(20(28)12-17)33-10-9-31(2)26(33)36)25(35)24(30-16)18-5-8-29-23(13-18)32-14-22(34)27(15-32)6-7-27/h3-5,8-13,22,34-35H,6-7,14-15H2,1-2H3/t22-/m0/s1.